The Morgan fingerprint density at radius 2 is 1.88 bits per heavy atom. The smallest absolute Gasteiger partial charge is 0.326 e. The van der Waals surface area contributed by atoms with Crippen LogP contribution in [0.1, 0.15) is 41.3 Å². The third kappa shape index (κ3) is 3.92. The number of carboxylic acid groups (broad SMARTS) is 1. The monoisotopic (exact) mass is 348 g/mol. The van der Waals surface area contributed by atoms with Crippen molar-refractivity contribution in [3.8, 4) is 5.75 Å². The third-order valence-corrected chi connectivity index (χ3v) is 4.47. The minimum absolute atomic E-state index is 0.374. The number of carbonyl (C=O) groups is 3. The Morgan fingerprint density at radius 3 is 2.40 bits per heavy atom. The summed E-state index contributed by atoms with van der Waals surface area (Å²) in [5, 5.41) is 11.9. The van der Waals surface area contributed by atoms with E-state index in [1.54, 1.807) is 26.2 Å². The normalized spacial score (nSPS) is 17.9. The van der Waals surface area contributed by atoms with Gasteiger partial charge in [0.05, 0.1) is 7.11 Å². The van der Waals surface area contributed by atoms with Gasteiger partial charge in [-0.15, -0.1) is 0 Å². The molecule has 0 bridgehead atoms. The fourth-order valence-electron chi connectivity index (χ4n) is 3.28. The molecule has 25 heavy (non-hydrogen) atoms. The minimum atomic E-state index is -1.01. The van der Waals surface area contributed by atoms with Gasteiger partial charge in [-0.1, -0.05) is 0 Å². The summed E-state index contributed by atoms with van der Waals surface area (Å²) in [4.78, 5) is 37.5. The SMILES string of the molecule is COc1c(C)cc(C(=O)NC(C)C(=O)N2CCCC2C(=O)O)cc1C. The maximum absolute atomic E-state index is 12.5. The van der Waals surface area contributed by atoms with Crippen molar-refractivity contribution in [2.75, 3.05) is 13.7 Å². The maximum atomic E-state index is 12.5. The quantitative estimate of drug-likeness (QED) is 0.841. The molecule has 1 fully saturated rings. The van der Waals surface area contributed by atoms with Crippen LogP contribution in [0.4, 0.5) is 0 Å². The van der Waals surface area contributed by atoms with E-state index in [1.807, 2.05) is 13.8 Å². The molecule has 2 unspecified atom stereocenters. The predicted octanol–water partition coefficient (Wildman–Crippen LogP) is 1.51. The van der Waals surface area contributed by atoms with Crippen LogP contribution in [0.2, 0.25) is 0 Å². The zero-order valence-corrected chi connectivity index (χ0v) is 15.0. The standard InChI is InChI=1S/C18H24N2O5/c1-10-8-13(9-11(2)15(10)25-4)16(21)19-12(3)17(22)20-7-5-6-14(20)18(23)24/h8-9,12,14H,5-7H2,1-4H3,(H,19,21)(H,23,24). The minimum Gasteiger partial charge on any atom is -0.496 e. The van der Waals surface area contributed by atoms with Gasteiger partial charge in [-0.2, -0.15) is 0 Å². The van der Waals surface area contributed by atoms with Crippen LogP contribution in [0.3, 0.4) is 0 Å². The van der Waals surface area contributed by atoms with Gasteiger partial charge in [-0.25, -0.2) is 4.79 Å². The van der Waals surface area contributed by atoms with Crippen LogP contribution in [0, 0.1) is 13.8 Å². The number of hydrogen-bond acceptors (Lipinski definition) is 4. The summed E-state index contributed by atoms with van der Waals surface area (Å²) in [6.07, 6.45) is 1.10. The molecule has 2 rings (SSSR count). The van der Waals surface area contributed by atoms with E-state index in [9.17, 15) is 19.5 Å². The molecule has 1 aliphatic rings. The average Bonchev–Trinajstić information content (AvgIpc) is 3.03. The first-order chi connectivity index (χ1) is 11.8. The Bertz CT molecular complexity index is 678. The Labute approximate surface area is 147 Å². The molecule has 1 aliphatic heterocycles. The van der Waals surface area contributed by atoms with Crippen molar-refractivity contribution < 1.29 is 24.2 Å². The van der Waals surface area contributed by atoms with Crippen molar-refractivity contribution in [3.05, 3.63) is 28.8 Å². The Morgan fingerprint density at radius 1 is 1.28 bits per heavy atom. The zero-order chi connectivity index (χ0) is 18.7. The number of amides is 2. The van der Waals surface area contributed by atoms with Gasteiger partial charge in [0.2, 0.25) is 5.91 Å². The summed E-state index contributed by atoms with van der Waals surface area (Å²) in [5.74, 6) is -1.03. The molecular weight excluding hydrogens is 324 g/mol. The first kappa shape index (κ1) is 18.8. The van der Waals surface area contributed by atoms with Crippen LogP contribution in [-0.4, -0.2) is 53.5 Å². The van der Waals surface area contributed by atoms with Crippen molar-refractivity contribution in [3.63, 3.8) is 0 Å². The van der Waals surface area contributed by atoms with Gasteiger partial charge in [0.25, 0.3) is 5.91 Å². The lowest BCUT2D eigenvalue weighted by Gasteiger charge is -2.25. The van der Waals surface area contributed by atoms with Crippen molar-refractivity contribution in [2.24, 2.45) is 0 Å². The topological polar surface area (TPSA) is 95.9 Å². The second-order valence-corrected chi connectivity index (χ2v) is 6.37. The molecular formula is C18H24N2O5. The van der Waals surface area contributed by atoms with Crippen LogP contribution in [-0.2, 0) is 9.59 Å². The highest BCUT2D eigenvalue weighted by Crippen LogP contribution is 2.24. The van der Waals surface area contributed by atoms with Gasteiger partial charge in [0.15, 0.2) is 0 Å². The first-order valence-electron chi connectivity index (χ1n) is 8.25. The predicted molar refractivity (Wildman–Crippen MR) is 91.8 cm³/mol. The van der Waals surface area contributed by atoms with E-state index in [0.29, 0.717) is 24.9 Å². The highest BCUT2D eigenvalue weighted by Gasteiger charge is 2.36. The van der Waals surface area contributed by atoms with E-state index in [-0.39, 0.29) is 11.8 Å². The van der Waals surface area contributed by atoms with Crippen LogP contribution < -0.4 is 10.1 Å². The molecule has 0 aliphatic carbocycles. The van der Waals surface area contributed by atoms with Crippen LogP contribution in [0.5, 0.6) is 5.75 Å². The summed E-state index contributed by atoms with van der Waals surface area (Å²) in [6.45, 7) is 5.66. The number of aliphatic carboxylic acids is 1. The Balaban J connectivity index is 2.10. The summed E-state index contributed by atoms with van der Waals surface area (Å²) in [7, 11) is 1.57. The van der Waals surface area contributed by atoms with E-state index in [0.717, 1.165) is 16.9 Å². The Hall–Kier alpha value is -2.57. The Kier molecular flexibility index (Phi) is 5.66. The van der Waals surface area contributed by atoms with Crippen molar-refractivity contribution in [1.82, 2.24) is 10.2 Å². The molecule has 0 radical (unpaired) electrons. The molecule has 1 aromatic rings. The number of likely N-dealkylation sites (tertiary alicyclic amines) is 1. The molecule has 1 saturated heterocycles. The number of aryl methyl sites for hydroxylation is 2. The van der Waals surface area contributed by atoms with Gasteiger partial charge in [0, 0.05) is 12.1 Å². The number of rotatable bonds is 5. The van der Waals surface area contributed by atoms with E-state index in [2.05, 4.69) is 5.32 Å². The molecule has 0 spiro atoms. The molecule has 1 aromatic carbocycles. The van der Waals surface area contributed by atoms with Crippen molar-refractivity contribution in [2.45, 2.75) is 45.7 Å². The van der Waals surface area contributed by atoms with E-state index >= 15 is 0 Å². The summed E-state index contributed by atoms with van der Waals surface area (Å²) in [5.41, 5.74) is 2.10. The largest absolute Gasteiger partial charge is 0.496 e. The summed E-state index contributed by atoms with van der Waals surface area (Å²) < 4.78 is 5.28. The van der Waals surface area contributed by atoms with Gasteiger partial charge in [-0.3, -0.25) is 9.59 Å². The van der Waals surface area contributed by atoms with Gasteiger partial charge in [-0.05, 0) is 56.9 Å². The number of benzene rings is 1. The van der Waals surface area contributed by atoms with E-state index in [4.69, 9.17) is 4.74 Å². The molecule has 7 nitrogen and oxygen atoms in total. The molecule has 1 heterocycles. The van der Waals surface area contributed by atoms with Crippen LogP contribution in [0.25, 0.3) is 0 Å². The molecule has 2 N–H and O–H groups in total. The number of methoxy groups -OCH3 is 1. The second-order valence-electron chi connectivity index (χ2n) is 6.37. The highest BCUT2D eigenvalue weighted by atomic mass is 16.5. The maximum Gasteiger partial charge on any atom is 0.326 e. The van der Waals surface area contributed by atoms with E-state index < -0.39 is 18.1 Å². The fraction of sp³-hybridized carbons (Fsp3) is 0.500. The number of nitrogens with zero attached hydrogens (tertiary/aromatic N) is 1. The highest BCUT2D eigenvalue weighted by molar-refractivity contribution is 5.98. The molecule has 136 valence electrons. The van der Waals surface area contributed by atoms with Crippen molar-refractivity contribution >= 4 is 17.8 Å². The molecule has 2 atom stereocenters. The molecule has 0 saturated carbocycles. The van der Waals surface area contributed by atoms with Crippen molar-refractivity contribution in [1.29, 1.82) is 0 Å². The molecule has 0 aromatic heterocycles. The van der Waals surface area contributed by atoms with E-state index in [1.165, 1.54) is 4.90 Å². The second kappa shape index (κ2) is 7.55. The number of hydrogen-bond donors (Lipinski definition) is 2. The summed E-state index contributed by atoms with van der Waals surface area (Å²) >= 11 is 0. The van der Waals surface area contributed by atoms with Crippen LogP contribution in [0.15, 0.2) is 12.1 Å². The number of carbonyl (C=O) groups excluding carboxylic acids is 2. The molecule has 2 amide bonds. The first-order valence-corrected chi connectivity index (χ1v) is 8.25. The lowest BCUT2D eigenvalue weighted by Crippen LogP contribution is -2.50. The number of ether oxygens (including phenoxy) is 1. The average molecular weight is 348 g/mol. The third-order valence-electron chi connectivity index (χ3n) is 4.47. The molecule has 7 heteroatoms. The lowest BCUT2D eigenvalue weighted by molar-refractivity contribution is -0.148. The fourth-order valence-corrected chi connectivity index (χ4v) is 3.28. The number of carboxylic acids is 1. The van der Waals surface area contributed by atoms with Crippen LogP contribution >= 0.6 is 0 Å². The van der Waals surface area contributed by atoms with Gasteiger partial charge >= 0.3 is 5.97 Å². The number of nitrogens with one attached hydrogen (secondary N) is 1. The zero-order valence-electron chi connectivity index (χ0n) is 15.0. The lowest BCUT2D eigenvalue weighted by atomic mass is 10.0. The summed E-state index contributed by atoms with van der Waals surface area (Å²) in [6, 6.07) is 1.80. The van der Waals surface area contributed by atoms with Gasteiger partial charge < -0.3 is 20.1 Å². The van der Waals surface area contributed by atoms with Gasteiger partial charge in [0.1, 0.15) is 17.8 Å².